The van der Waals surface area contributed by atoms with Crippen molar-refractivity contribution < 1.29 is 9.84 Å². The SMILES string of the molecule is COc1ccc(Br)c(C(O)c2cccc3cccnc23)c1. The zero-order valence-corrected chi connectivity index (χ0v) is 13.0. The molecule has 0 saturated heterocycles. The molecule has 3 rings (SSSR count). The average Bonchev–Trinajstić information content (AvgIpc) is 2.54. The Morgan fingerprint density at radius 3 is 2.71 bits per heavy atom. The maximum absolute atomic E-state index is 10.8. The summed E-state index contributed by atoms with van der Waals surface area (Å²) in [7, 11) is 1.61. The van der Waals surface area contributed by atoms with Gasteiger partial charge in [-0.15, -0.1) is 0 Å². The van der Waals surface area contributed by atoms with E-state index in [1.165, 1.54) is 0 Å². The summed E-state index contributed by atoms with van der Waals surface area (Å²) in [5.74, 6) is 0.709. The Bertz CT molecular complexity index is 783. The number of ether oxygens (including phenoxy) is 1. The highest BCUT2D eigenvalue weighted by molar-refractivity contribution is 9.10. The van der Waals surface area contributed by atoms with Crippen molar-refractivity contribution in [3.63, 3.8) is 0 Å². The fourth-order valence-corrected chi connectivity index (χ4v) is 2.84. The zero-order valence-electron chi connectivity index (χ0n) is 11.5. The number of para-hydroxylation sites is 1. The molecule has 106 valence electrons. The maximum atomic E-state index is 10.8. The molecule has 3 aromatic rings. The van der Waals surface area contributed by atoms with Gasteiger partial charge in [-0.05, 0) is 24.3 Å². The minimum absolute atomic E-state index is 0.709. The summed E-state index contributed by atoms with van der Waals surface area (Å²) in [5, 5.41) is 11.8. The first-order chi connectivity index (χ1) is 10.2. The van der Waals surface area contributed by atoms with Gasteiger partial charge >= 0.3 is 0 Å². The Hall–Kier alpha value is -1.91. The van der Waals surface area contributed by atoms with E-state index in [-0.39, 0.29) is 0 Å². The molecule has 0 fully saturated rings. The summed E-state index contributed by atoms with van der Waals surface area (Å²) in [6.07, 6.45) is 0.965. The minimum Gasteiger partial charge on any atom is -0.497 e. The second-order valence-electron chi connectivity index (χ2n) is 4.71. The second-order valence-corrected chi connectivity index (χ2v) is 5.57. The molecule has 1 N–H and O–H groups in total. The Morgan fingerprint density at radius 1 is 1.10 bits per heavy atom. The van der Waals surface area contributed by atoms with E-state index in [0.717, 1.165) is 26.5 Å². The largest absolute Gasteiger partial charge is 0.497 e. The zero-order chi connectivity index (χ0) is 14.8. The molecule has 0 radical (unpaired) electrons. The first kappa shape index (κ1) is 14.0. The van der Waals surface area contributed by atoms with Crippen molar-refractivity contribution in [3.8, 4) is 5.75 Å². The molecule has 3 nitrogen and oxygen atoms in total. The number of halogens is 1. The number of methoxy groups -OCH3 is 1. The van der Waals surface area contributed by atoms with Crippen molar-refractivity contribution in [2.75, 3.05) is 7.11 Å². The molecule has 0 bridgehead atoms. The molecule has 0 aliphatic heterocycles. The fraction of sp³-hybridized carbons (Fsp3) is 0.118. The lowest BCUT2D eigenvalue weighted by Gasteiger charge is -2.16. The van der Waals surface area contributed by atoms with Crippen molar-refractivity contribution >= 4 is 26.8 Å². The molecule has 1 unspecified atom stereocenters. The number of aliphatic hydroxyl groups is 1. The maximum Gasteiger partial charge on any atom is 0.119 e. The number of fused-ring (bicyclic) bond motifs is 1. The number of aromatic nitrogens is 1. The number of pyridine rings is 1. The van der Waals surface area contributed by atoms with E-state index in [0.29, 0.717) is 5.75 Å². The smallest absolute Gasteiger partial charge is 0.119 e. The highest BCUT2D eigenvalue weighted by Crippen LogP contribution is 2.34. The Kier molecular flexibility index (Phi) is 3.90. The Balaban J connectivity index is 2.14. The summed E-state index contributed by atoms with van der Waals surface area (Å²) < 4.78 is 6.07. The fourth-order valence-electron chi connectivity index (χ4n) is 2.37. The minimum atomic E-state index is -0.770. The van der Waals surface area contributed by atoms with E-state index >= 15 is 0 Å². The molecule has 0 aliphatic carbocycles. The molecule has 0 spiro atoms. The van der Waals surface area contributed by atoms with Crippen LogP contribution < -0.4 is 4.74 Å². The third-order valence-corrected chi connectivity index (χ3v) is 4.18. The number of aliphatic hydroxyl groups excluding tert-OH is 1. The van der Waals surface area contributed by atoms with Gasteiger partial charge in [-0.3, -0.25) is 4.98 Å². The van der Waals surface area contributed by atoms with E-state index in [4.69, 9.17) is 4.74 Å². The molecule has 1 aromatic heterocycles. The Labute approximate surface area is 131 Å². The van der Waals surface area contributed by atoms with Crippen molar-refractivity contribution in [1.82, 2.24) is 4.98 Å². The summed E-state index contributed by atoms with van der Waals surface area (Å²) in [6, 6.07) is 15.2. The molecular formula is C17H14BrNO2. The standard InChI is InChI=1S/C17H14BrNO2/c1-21-12-7-8-15(18)14(10-12)17(20)13-6-2-4-11-5-3-9-19-16(11)13/h2-10,17,20H,1H3. The quantitative estimate of drug-likeness (QED) is 0.778. The average molecular weight is 344 g/mol. The van der Waals surface area contributed by atoms with Gasteiger partial charge in [0.2, 0.25) is 0 Å². The van der Waals surface area contributed by atoms with Gasteiger partial charge in [0.05, 0.1) is 12.6 Å². The van der Waals surface area contributed by atoms with Gasteiger partial charge in [-0.25, -0.2) is 0 Å². The lowest BCUT2D eigenvalue weighted by Crippen LogP contribution is -2.03. The number of rotatable bonds is 3. The topological polar surface area (TPSA) is 42.4 Å². The molecule has 0 aliphatic rings. The number of benzene rings is 2. The summed E-state index contributed by atoms with van der Waals surface area (Å²) >= 11 is 3.49. The highest BCUT2D eigenvalue weighted by Gasteiger charge is 2.17. The van der Waals surface area contributed by atoms with Crippen LogP contribution in [0.2, 0.25) is 0 Å². The molecule has 1 atom stereocenters. The van der Waals surface area contributed by atoms with Gasteiger partial charge in [-0.1, -0.05) is 40.2 Å². The first-order valence-electron chi connectivity index (χ1n) is 6.56. The van der Waals surface area contributed by atoms with Gasteiger partial charge < -0.3 is 9.84 Å². The van der Waals surface area contributed by atoms with Gasteiger partial charge in [-0.2, -0.15) is 0 Å². The van der Waals surface area contributed by atoms with Crippen molar-refractivity contribution in [2.45, 2.75) is 6.10 Å². The Morgan fingerprint density at radius 2 is 1.90 bits per heavy atom. The van der Waals surface area contributed by atoms with E-state index in [2.05, 4.69) is 20.9 Å². The summed E-state index contributed by atoms with van der Waals surface area (Å²) in [5.41, 5.74) is 2.34. The molecule has 4 heteroatoms. The predicted molar refractivity (Wildman–Crippen MR) is 86.5 cm³/mol. The van der Waals surface area contributed by atoms with Gasteiger partial charge in [0.25, 0.3) is 0 Å². The van der Waals surface area contributed by atoms with Crippen LogP contribution in [-0.2, 0) is 0 Å². The van der Waals surface area contributed by atoms with Crippen molar-refractivity contribution in [1.29, 1.82) is 0 Å². The molecule has 1 heterocycles. The monoisotopic (exact) mass is 343 g/mol. The van der Waals surface area contributed by atoms with Crippen LogP contribution in [0.15, 0.2) is 59.2 Å². The molecule has 2 aromatic carbocycles. The lowest BCUT2D eigenvalue weighted by atomic mass is 9.98. The normalized spacial score (nSPS) is 12.3. The lowest BCUT2D eigenvalue weighted by molar-refractivity contribution is 0.220. The molecular weight excluding hydrogens is 330 g/mol. The number of hydrogen-bond acceptors (Lipinski definition) is 3. The summed E-state index contributed by atoms with van der Waals surface area (Å²) in [4.78, 5) is 4.39. The van der Waals surface area contributed by atoms with E-state index in [9.17, 15) is 5.11 Å². The van der Waals surface area contributed by atoms with Crippen LogP contribution >= 0.6 is 15.9 Å². The van der Waals surface area contributed by atoms with Crippen LogP contribution in [0.5, 0.6) is 5.75 Å². The van der Waals surface area contributed by atoms with Gasteiger partial charge in [0.15, 0.2) is 0 Å². The third-order valence-electron chi connectivity index (χ3n) is 3.46. The molecule has 21 heavy (non-hydrogen) atoms. The van der Waals surface area contributed by atoms with Crippen LogP contribution in [0.4, 0.5) is 0 Å². The van der Waals surface area contributed by atoms with Crippen molar-refractivity contribution in [3.05, 3.63) is 70.3 Å². The van der Waals surface area contributed by atoms with Gasteiger partial charge in [0, 0.05) is 27.2 Å². The number of hydrogen-bond donors (Lipinski definition) is 1. The van der Waals surface area contributed by atoms with Crippen LogP contribution in [0, 0.1) is 0 Å². The van der Waals surface area contributed by atoms with Crippen LogP contribution in [0.1, 0.15) is 17.2 Å². The molecule has 0 amide bonds. The third kappa shape index (κ3) is 2.64. The van der Waals surface area contributed by atoms with Crippen LogP contribution in [-0.4, -0.2) is 17.2 Å². The van der Waals surface area contributed by atoms with Gasteiger partial charge in [0.1, 0.15) is 11.9 Å². The predicted octanol–water partition coefficient (Wildman–Crippen LogP) is 4.09. The van der Waals surface area contributed by atoms with Crippen LogP contribution in [0.3, 0.4) is 0 Å². The molecule has 0 saturated carbocycles. The van der Waals surface area contributed by atoms with E-state index in [1.54, 1.807) is 13.3 Å². The summed E-state index contributed by atoms with van der Waals surface area (Å²) in [6.45, 7) is 0. The van der Waals surface area contributed by atoms with Crippen molar-refractivity contribution in [2.24, 2.45) is 0 Å². The van der Waals surface area contributed by atoms with E-state index in [1.807, 2.05) is 48.5 Å². The number of nitrogens with zero attached hydrogens (tertiary/aromatic N) is 1. The first-order valence-corrected chi connectivity index (χ1v) is 7.35. The van der Waals surface area contributed by atoms with Crippen LogP contribution in [0.25, 0.3) is 10.9 Å². The second kappa shape index (κ2) is 5.84. The highest BCUT2D eigenvalue weighted by atomic mass is 79.9. The van der Waals surface area contributed by atoms with E-state index < -0.39 is 6.10 Å².